The van der Waals surface area contributed by atoms with Gasteiger partial charge in [0.1, 0.15) is 12.1 Å². The minimum atomic E-state index is -3.92. The van der Waals surface area contributed by atoms with Crippen LogP contribution in [-0.4, -0.2) is 51.4 Å². The first-order valence-electron chi connectivity index (χ1n) is 10.1. The average Bonchev–Trinajstić information content (AvgIpc) is 2.80. The molecule has 0 spiro atoms. The van der Waals surface area contributed by atoms with Crippen LogP contribution in [0.3, 0.4) is 0 Å². The fraction of sp³-hybridized carbons (Fsp3) is 0.429. The fourth-order valence-corrected chi connectivity index (χ4v) is 3.86. The highest BCUT2D eigenvalue weighted by atomic mass is 35.5. The summed E-state index contributed by atoms with van der Waals surface area (Å²) < 4.78 is 35.7. The Bertz CT molecular complexity index is 990. The van der Waals surface area contributed by atoms with Crippen LogP contribution < -0.4 is 15.0 Å². The minimum absolute atomic E-state index is 0.134. The van der Waals surface area contributed by atoms with Crippen molar-refractivity contribution in [1.82, 2.24) is 15.3 Å². The molecule has 0 radical (unpaired) electrons. The molecule has 1 N–H and O–H groups in total. The molecule has 13 heteroatoms. The number of carbonyl (C=O) groups excluding carboxylic acids is 2. The number of carbonyl (C=O) groups is 2. The van der Waals surface area contributed by atoms with E-state index in [1.807, 2.05) is 0 Å². The summed E-state index contributed by atoms with van der Waals surface area (Å²) >= 11 is 16.7. The highest BCUT2D eigenvalue weighted by Crippen LogP contribution is 2.36. The number of benzene rings is 1. The van der Waals surface area contributed by atoms with Crippen molar-refractivity contribution in [3.05, 3.63) is 48.5 Å². The van der Waals surface area contributed by atoms with E-state index in [0.29, 0.717) is 26.1 Å². The lowest BCUT2D eigenvalue weighted by Crippen LogP contribution is -2.60. The first kappa shape index (κ1) is 26.3. The summed E-state index contributed by atoms with van der Waals surface area (Å²) in [6.45, 7) is 2.46. The number of alkyl halides is 5. The van der Waals surface area contributed by atoms with Crippen LogP contribution in [0.15, 0.2) is 43.0 Å². The molecule has 2 heterocycles. The molecule has 1 aliphatic heterocycles. The van der Waals surface area contributed by atoms with E-state index in [1.54, 1.807) is 0 Å². The second-order valence-electron chi connectivity index (χ2n) is 7.58. The summed E-state index contributed by atoms with van der Waals surface area (Å²) in [4.78, 5) is 34.4. The SMILES string of the molecule is CC(C(=O)NC1CCOCC1)(c1cncnc1)N(C(=O)C(Cl)Cl)c1ccc(OC(F)(F)Cl)cc1. The molecule has 2 amide bonds. The third-order valence-electron chi connectivity index (χ3n) is 5.30. The van der Waals surface area contributed by atoms with Crippen LogP contribution in [0, 0.1) is 0 Å². The van der Waals surface area contributed by atoms with Crippen molar-refractivity contribution in [2.45, 2.75) is 41.8 Å². The first-order chi connectivity index (χ1) is 16.0. The van der Waals surface area contributed by atoms with Gasteiger partial charge in [-0.2, -0.15) is 0 Å². The molecule has 0 bridgehead atoms. The highest BCUT2D eigenvalue weighted by molar-refractivity contribution is 6.54. The zero-order valence-electron chi connectivity index (χ0n) is 17.9. The molecule has 0 saturated carbocycles. The van der Waals surface area contributed by atoms with E-state index in [2.05, 4.69) is 20.0 Å². The zero-order valence-corrected chi connectivity index (χ0v) is 20.2. The third kappa shape index (κ3) is 6.24. The maximum atomic E-state index is 13.7. The average molecular weight is 538 g/mol. The van der Waals surface area contributed by atoms with Crippen LogP contribution in [0.5, 0.6) is 5.75 Å². The largest absolute Gasteiger partial charge is 0.487 e. The Morgan fingerprint density at radius 1 is 1.18 bits per heavy atom. The van der Waals surface area contributed by atoms with Gasteiger partial charge in [-0.05, 0) is 44.0 Å². The molecule has 34 heavy (non-hydrogen) atoms. The second kappa shape index (κ2) is 11.0. The van der Waals surface area contributed by atoms with E-state index >= 15 is 0 Å². The normalized spacial score (nSPS) is 16.6. The van der Waals surface area contributed by atoms with Crippen LogP contribution in [0.4, 0.5) is 14.5 Å². The number of ether oxygens (including phenoxy) is 2. The first-order valence-corrected chi connectivity index (χ1v) is 11.4. The second-order valence-corrected chi connectivity index (χ2v) is 9.11. The van der Waals surface area contributed by atoms with Crippen LogP contribution in [-0.2, 0) is 19.9 Å². The lowest BCUT2D eigenvalue weighted by atomic mass is 9.89. The molecular formula is C21H21Cl3F2N4O4. The number of nitrogens with zero attached hydrogens (tertiary/aromatic N) is 3. The van der Waals surface area contributed by atoms with Crippen molar-refractivity contribution in [3.8, 4) is 5.75 Å². The predicted octanol–water partition coefficient (Wildman–Crippen LogP) is 3.99. The number of halogens is 5. The Hall–Kier alpha value is -2.27. The van der Waals surface area contributed by atoms with Gasteiger partial charge >= 0.3 is 5.57 Å². The van der Waals surface area contributed by atoms with Crippen molar-refractivity contribution in [3.63, 3.8) is 0 Å². The number of anilines is 1. The minimum Gasteiger partial charge on any atom is -0.420 e. The summed E-state index contributed by atoms with van der Waals surface area (Å²) in [7, 11) is 0. The summed E-state index contributed by atoms with van der Waals surface area (Å²) in [5, 5.41) is 2.95. The van der Waals surface area contributed by atoms with Gasteiger partial charge in [-0.3, -0.25) is 14.5 Å². The monoisotopic (exact) mass is 536 g/mol. The Kier molecular flexibility index (Phi) is 8.51. The van der Waals surface area contributed by atoms with Gasteiger partial charge in [0.15, 0.2) is 10.4 Å². The maximum Gasteiger partial charge on any atom is 0.487 e. The quantitative estimate of drug-likeness (QED) is 0.512. The van der Waals surface area contributed by atoms with Gasteiger partial charge in [0.05, 0.1) is 0 Å². The molecule has 0 aliphatic carbocycles. The Labute approximate surface area is 209 Å². The van der Waals surface area contributed by atoms with Crippen molar-refractivity contribution in [1.29, 1.82) is 0 Å². The van der Waals surface area contributed by atoms with E-state index in [4.69, 9.17) is 39.5 Å². The van der Waals surface area contributed by atoms with Crippen LogP contribution in [0.25, 0.3) is 0 Å². The van der Waals surface area contributed by atoms with Gasteiger partial charge in [0.2, 0.25) is 0 Å². The molecule has 1 fully saturated rings. The molecule has 1 atom stereocenters. The van der Waals surface area contributed by atoms with Gasteiger partial charge < -0.3 is 14.8 Å². The summed E-state index contributed by atoms with van der Waals surface area (Å²) in [6, 6.07) is 4.75. The molecule has 8 nitrogen and oxygen atoms in total. The maximum absolute atomic E-state index is 13.7. The van der Waals surface area contributed by atoms with Crippen LogP contribution >= 0.6 is 34.8 Å². The van der Waals surface area contributed by atoms with Gasteiger partial charge in [0, 0.05) is 54.5 Å². The van der Waals surface area contributed by atoms with Crippen LogP contribution in [0.1, 0.15) is 25.3 Å². The van der Waals surface area contributed by atoms with E-state index in [-0.39, 0.29) is 23.0 Å². The Morgan fingerprint density at radius 2 is 1.76 bits per heavy atom. The number of hydrogen-bond acceptors (Lipinski definition) is 6. The van der Waals surface area contributed by atoms with E-state index in [0.717, 1.165) is 4.90 Å². The lowest BCUT2D eigenvalue weighted by molar-refractivity contribution is -0.131. The molecule has 1 saturated heterocycles. The molecule has 1 aliphatic rings. The predicted molar refractivity (Wildman–Crippen MR) is 122 cm³/mol. The van der Waals surface area contributed by atoms with Crippen molar-refractivity contribution in [2.24, 2.45) is 0 Å². The molecule has 1 unspecified atom stereocenters. The van der Waals surface area contributed by atoms with E-state index in [9.17, 15) is 18.4 Å². The van der Waals surface area contributed by atoms with Crippen molar-refractivity contribution in [2.75, 3.05) is 18.1 Å². The molecular weight excluding hydrogens is 517 g/mol. The lowest BCUT2D eigenvalue weighted by Gasteiger charge is -2.41. The number of nitrogens with one attached hydrogen (secondary N) is 1. The van der Waals surface area contributed by atoms with Gasteiger partial charge in [-0.1, -0.05) is 23.2 Å². The topological polar surface area (TPSA) is 93.6 Å². The number of rotatable bonds is 8. The van der Waals surface area contributed by atoms with Gasteiger partial charge in [-0.25, -0.2) is 9.97 Å². The molecule has 2 aromatic rings. The standard InChI is InChI=1S/C21H21Cl3F2N4O4/c1-20(13-10-27-12-28-11-13,19(32)29-14-6-8-33-9-7-14)30(18(31)17(22)23)15-2-4-16(5-3-15)34-21(24,25)26/h2-5,10-12,14,17H,6-9H2,1H3,(H,29,32). The number of aromatic nitrogens is 2. The fourth-order valence-electron chi connectivity index (χ4n) is 3.58. The highest BCUT2D eigenvalue weighted by Gasteiger charge is 2.47. The summed E-state index contributed by atoms with van der Waals surface area (Å²) in [5.74, 6) is -1.63. The molecule has 1 aromatic carbocycles. The molecule has 184 valence electrons. The Morgan fingerprint density at radius 3 is 2.29 bits per heavy atom. The zero-order chi connectivity index (χ0) is 24.9. The Balaban J connectivity index is 2.07. The van der Waals surface area contributed by atoms with E-state index in [1.165, 1.54) is 49.9 Å². The van der Waals surface area contributed by atoms with E-state index < -0.39 is 27.8 Å². The van der Waals surface area contributed by atoms with Crippen molar-refractivity contribution >= 4 is 52.3 Å². The van der Waals surface area contributed by atoms with Gasteiger partial charge in [0.25, 0.3) is 11.8 Å². The summed E-state index contributed by atoms with van der Waals surface area (Å²) in [5.41, 5.74) is -5.23. The molecule has 3 rings (SSSR count). The van der Waals surface area contributed by atoms with Crippen LogP contribution in [0.2, 0.25) is 0 Å². The molecule has 1 aromatic heterocycles. The smallest absolute Gasteiger partial charge is 0.420 e. The number of hydrogen-bond donors (Lipinski definition) is 1. The number of amides is 2. The summed E-state index contributed by atoms with van der Waals surface area (Å²) in [6.07, 6.45) is 5.23. The third-order valence-corrected chi connectivity index (χ3v) is 5.75. The van der Waals surface area contributed by atoms with Gasteiger partial charge in [-0.15, -0.1) is 8.78 Å². The van der Waals surface area contributed by atoms with Crippen molar-refractivity contribution < 1.29 is 27.8 Å².